The molecular formula is C18H26N2O2. The molecule has 1 aromatic rings. The average molecular weight is 302 g/mol. The SMILES string of the molecule is CCOC1CCC2(CC1)NC(C)(C)C(=O)N2c1ccccc1. The molecule has 22 heavy (non-hydrogen) atoms. The fourth-order valence-electron chi connectivity index (χ4n) is 3.93. The van der Waals surface area contributed by atoms with E-state index in [1.54, 1.807) is 0 Å². The molecule has 3 rings (SSSR count). The van der Waals surface area contributed by atoms with Crippen molar-refractivity contribution in [1.29, 1.82) is 0 Å². The minimum atomic E-state index is -0.520. The van der Waals surface area contributed by atoms with Gasteiger partial charge in [-0.3, -0.25) is 15.0 Å². The molecule has 4 nitrogen and oxygen atoms in total. The lowest BCUT2D eigenvalue weighted by Crippen LogP contribution is -2.56. The molecule has 4 heteroatoms. The lowest BCUT2D eigenvalue weighted by Gasteiger charge is -2.43. The predicted octanol–water partition coefficient (Wildman–Crippen LogP) is 3.08. The number of carbonyl (C=O) groups excluding carboxylic acids is 1. The second-order valence-electron chi connectivity index (χ2n) is 6.91. The van der Waals surface area contributed by atoms with Crippen molar-refractivity contribution in [2.24, 2.45) is 0 Å². The molecule has 2 fully saturated rings. The van der Waals surface area contributed by atoms with Gasteiger partial charge in [-0.1, -0.05) is 18.2 Å². The van der Waals surface area contributed by atoms with E-state index in [0.29, 0.717) is 6.10 Å². The fourth-order valence-corrected chi connectivity index (χ4v) is 3.93. The molecule has 0 bridgehead atoms. The van der Waals surface area contributed by atoms with Crippen LogP contribution in [0.4, 0.5) is 5.69 Å². The van der Waals surface area contributed by atoms with Gasteiger partial charge in [-0.15, -0.1) is 0 Å². The Morgan fingerprint density at radius 3 is 2.45 bits per heavy atom. The lowest BCUT2D eigenvalue weighted by atomic mass is 9.86. The van der Waals surface area contributed by atoms with E-state index in [1.165, 1.54) is 0 Å². The Bertz CT molecular complexity index is 533. The van der Waals surface area contributed by atoms with Crippen LogP contribution < -0.4 is 10.2 Å². The zero-order chi connectivity index (χ0) is 15.8. The van der Waals surface area contributed by atoms with Crippen LogP contribution in [0.25, 0.3) is 0 Å². The van der Waals surface area contributed by atoms with Crippen LogP contribution in [0.3, 0.4) is 0 Å². The van der Waals surface area contributed by atoms with Gasteiger partial charge in [0.15, 0.2) is 0 Å². The molecule has 1 aromatic carbocycles. The predicted molar refractivity (Wildman–Crippen MR) is 87.8 cm³/mol. The van der Waals surface area contributed by atoms with Gasteiger partial charge < -0.3 is 4.74 Å². The molecule has 1 amide bonds. The third-order valence-corrected chi connectivity index (χ3v) is 4.89. The largest absolute Gasteiger partial charge is 0.379 e. The normalized spacial score (nSPS) is 31.0. The topological polar surface area (TPSA) is 41.6 Å². The van der Waals surface area contributed by atoms with Crippen molar-refractivity contribution in [2.75, 3.05) is 11.5 Å². The summed E-state index contributed by atoms with van der Waals surface area (Å²) in [6.07, 6.45) is 4.18. The van der Waals surface area contributed by atoms with Gasteiger partial charge in [-0.25, -0.2) is 0 Å². The Morgan fingerprint density at radius 2 is 1.86 bits per heavy atom. The highest BCUT2D eigenvalue weighted by Gasteiger charge is 2.55. The Labute approximate surface area is 132 Å². The molecule has 0 unspecified atom stereocenters. The second kappa shape index (κ2) is 5.67. The number of rotatable bonds is 3. The number of hydrogen-bond acceptors (Lipinski definition) is 3. The number of carbonyl (C=O) groups is 1. The minimum Gasteiger partial charge on any atom is -0.379 e. The van der Waals surface area contributed by atoms with E-state index in [1.807, 2.05) is 56.0 Å². The third kappa shape index (κ3) is 2.55. The Morgan fingerprint density at radius 1 is 1.23 bits per heavy atom. The highest BCUT2D eigenvalue weighted by molar-refractivity contribution is 6.03. The fraction of sp³-hybridized carbons (Fsp3) is 0.611. The molecule has 0 atom stereocenters. The van der Waals surface area contributed by atoms with E-state index in [2.05, 4.69) is 5.32 Å². The first-order valence-electron chi connectivity index (χ1n) is 8.29. The number of amides is 1. The van der Waals surface area contributed by atoms with E-state index in [-0.39, 0.29) is 11.6 Å². The zero-order valence-electron chi connectivity index (χ0n) is 13.8. The van der Waals surface area contributed by atoms with E-state index in [9.17, 15) is 4.79 Å². The van der Waals surface area contributed by atoms with Crippen LogP contribution in [0.1, 0.15) is 46.5 Å². The number of ether oxygens (including phenoxy) is 1. The van der Waals surface area contributed by atoms with E-state index in [0.717, 1.165) is 38.0 Å². The molecule has 1 heterocycles. The van der Waals surface area contributed by atoms with Crippen LogP contribution in [0.2, 0.25) is 0 Å². The number of benzene rings is 1. The standard InChI is InChI=1S/C18H26N2O2/c1-4-22-15-10-12-18(13-11-15)19-17(2,3)16(21)20(18)14-8-6-5-7-9-14/h5-9,15,19H,4,10-13H2,1-3H3. The van der Waals surface area contributed by atoms with Gasteiger partial charge >= 0.3 is 0 Å². The first-order valence-corrected chi connectivity index (χ1v) is 8.29. The summed E-state index contributed by atoms with van der Waals surface area (Å²) < 4.78 is 5.77. The van der Waals surface area contributed by atoms with Gasteiger partial charge in [-0.2, -0.15) is 0 Å². The van der Waals surface area contributed by atoms with Crippen LogP contribution in [-0.4, -0.2) is 29.8 Å². The molecule has 120 valence electrons. The molecule has 1 aliphatic carbocycles. The molecule has 0 aromatic heterocycles. The van der Waals surface area contributed by atoms with Crippen molar-refractivity contribution < 1.29 is 9.53 Å². The van der Waals surface area contributed by atoms with Gasteiger partial charge in [0.05, 0.1) is 17.3 Å². The van der Waals surface area contributed by atoms with Crippen molar-refractivity contribution in [3.8, 4) is 0 Å². The van der Waals surface area contributed by atoms with Crippen molar-refractivity contribution in [3.63, 3.8) is 0 Å². The smallest absolute Gasteiger partial charge is 0.248 e. The maximum Gasteiger partial charge on any atom is 0.248 e. The van der Waals surface area contributed by atoms with Crippen molar-refractivity contribution in [2.45, 2.75) is 63.8 Å². The molecular weight excluding hydrogens is 276 g/mol. The summed E-state index contributed by atoms with van der Waals surface area (Å²) in [6, 6.07) is 10.0. The maximum absolute atomic E-state index is 12.9. The van der Waals surface area contributed by atoms with Crippen molar-refractivity contribution >= 4 is 11.6 Å². The van der Waals surface area contributed by atoms with E-state index in [4.69, 9.17) is 4.74 Å². The number of nitrogens with zero attached hydrogens (tertiary/aromatic N) is 1. The lowest BCUT2D eigenvalue weighted by molar-refractivity contribution is -0.121. The molecule has 1 saturated carbocycles. The van der Waals surface area contributed by atoms with Gasteiger partial charge in [0.1, 0.15) is 0 Å². The first-order chi connectivity index (χ1) is 10.5. The number of anilines is 1. The van der Waals surface area contributed by atoms with Crippen LogP contribution in [-0.2, 0) is 9.53 Å². The van der Waals surface area contributed by atoms with Gasteiger partial charge in [0.25, 0.3) is 0 Å². The summed E-state index contributed by atoms with van der Waals surface area (Å²) in [5.41, 5.74) is 0.199. The Hall–Kier alpha value is -1.39. The number of nitrogens with one attached hydrogen (secondary N) is 1. The van der Waals surface area contributed by atoms with E-state index < -0.39 is 5.54 Å². The highest BCUT2D eigenvalue weighted by Crippen LogP contribution is 2.42. The summed E-state index contributed by atoms with van der Waals surface area (Å²) in [5.74, 6) is 0.161. The Balaban J connectivity index is 1.90. The van der Waals surface area contributed by atoms with Crippen LogP contribution in [0, 0.1) is 0 Å². The maximum atomic E-state index is 12.9. The first kappa shape index (κ1) is 15.5. The monoisotopic (exact) mass is 302 g/mol. The summed E-state index contributed by atoms with van der Waals surface area (Å²) in [7, 11) is 0. The number of para-hydroxylation sites is 1. The summed E-state index contributed by atoms with van der Waals surface area (Å²) in [5, 5.41) is 3.63. The quantitative estimate of drug-likeness (QED) is 0.933. The number of hydrogen-bond donors (Lipinski definition) is 1. The molecule has 1 spiro atoms. The van der Waals surface area contributed by atoms with Crippen LogP contribution >= 0.6 is 0 Å². The van der Waals surface area contributed by atoms with Gasteiger partial charge in [0, 0.05) is 12.3 Å². The van der Waals surface area contributed by atoms with Gasteiger partial charge in [-0.05, 0) is 58.6 Å². The average Bonchev–Trinajstić information content (AvgIpc) is 2.69. The van der Waals surface area contributed by atoms with Crippen molar-refractivity contribution in [1.82, 2.24) is 5.32 Å². The minimum absolute atomic E-state index is 0.161. The molecule has 1 aliphatic heterocycles. The van der Waals surface area contributed by atoms with Gasteiger partial charge in [0.2, 0.25) is 5.91 Å². The summed E-state index contributed by atoms with van der Waals surface area (Å²) in [6.45, 7) is 6.77. The third-order valence-electron chi connectivity index (χ3n) is 4.89. The summed E-state index contributed by atoms with van der Waals surface area (Å²) >= 11 is 0. The molecule has 0 radical (unpaired) electrons. The van der Waals surface area contributed by atoms with Crippen LogP contribution in [0.15, 0.2) is 30.3 Å². The Kier molecular flexibility index (Phi) is 4.00. The molecule has 1 saturated heterocycles. The molecule has 1 N–H and O–H groups in total. The highest BCUT2D eigenvalue weighted by atomic mass is 16.5. The molecule has 2 aliphatic rings. The van der Waals surface area contributed by atoms with Crippen LogP contribution in [0.5, 0.6) is 0 Å². The summed E-state index contributed by atoms with van der Waals surface area (Å²) in [4.78, 5) is 14.9. The van der Waals surface area contributed by atoms with E-state index >= 15 is 0 Å². The zero-order valence-corrected chi connectivity index (χ0v) is 13.8. The second-order valence-corrected chi connectivity index (χ2v) is 6.91. The van der Waals surface area contributed by atoms with Crippen molar-refractivity contribution in [3.05, 3.63) is 30.3 Å².